The van der Waals surface area contributed by atoms with Crippen molar-refractivity contribution >= 4 is 0 Å². The first-order valence-corrected chi connectivity index (χ1v) is 7.86. The number of aliphatic hydroxyl groups excluding tert-OH is 1. The van der Waals surface area contributed by atoms with Crippen LogP contribution in [0.15, 0.2) is 24.3 Å². The number of aryl methyl sites for hydroxylation is 1. The second kappa shape index (κ2) is 10.6. The summed E-state index contributed by atoms with van der Waals surface area (Å²) in [6, 6.07) is 8.52. The van der Waals surface area contributed by atoms with Crippen molar-refractivity contribution in [1.29, 1.82) is 0 Å². The van der Waals surface area contributed by atoms with E-state index in [1.165, 1.54) is 5.56 Å². The molecule has 1 rings (SSSR count). The predicted octanol–water partition coefficient (Wildman–Crippen LogP) is 2.39. The van der Waals surface area contributed by atoms with Crippen LogP contribution >= 0.6 is 0 Å². The highest BCUT2D eigenvalue weighted by atomic mass is 16.5. The number of rotatable bonds is 11. The monoisotopic (exact) mass is 295 g/mol. The van der Waals surface area contributed by atoms with Crippen LogP contribution in [0.1, 0.15) is 32.8 Å². The second-order valence-corrected chi connectivity index (χ2v) is 5.29. The second-order valence-electron chi connectivity index (χ2n) is 5.29. The van der Waals surface area contributed by atoms with Gasteiger partial charge >= 0.3 is 0 Å². The molecule has 0 radical (unpaired) electrons. The van der Waals surface area contributed by atoms with Crippen molar-refractivity contribution in [3.8, 4) is 5.75 Å². The SMILES string of the molecule is CCc1ccc(OCCOC[C@@H](O)CN[C@H](C)CC)cc1. The van der Waals surface area contributed by atoms with Gasteiger partial charge in [0.1, 0.15) is 12.4 Å². The van der Waals surface area contributed by atoms with E-state index in [0.717, 1.165) is 18.6 Å². The molecule has 0 fully saturated rings. The molecule has 0 aliphatic rings. The highest BCUT2D eigenvalue weighted by Crippen LogP contribution is 2.12. The molecule has 0 amide bonds. The number of aliphatic hydroxyl groups is 1. The lowest BCUT2D eigenvalue weighted by Gasteiger charge is -2.16. The molecule has 21 heavy (non-hydrogen) atoms. The molecule has 4 heteroatoms. The summed E-state index contributed by atoms with van der Waals surface area (Å²) in [4.78, 5) is 0. The lowest BCUT2D eigenvalue weighted by molar-refractivity contribution is 0.0241. The molecule has 2 N–H and O–H groups in total. The lowest BCUT2D eigenvalue weighted by Crippen LogP contribution is -2.35. The minimum atomic E-state index is -0.470. The third-order valence-corrected chi connectivity index (χ3v) is 3.45. The van der Waals surface area contributed by atoms with Gasteiger partial charge in [0.25, 0.3) is 0 Å². The van der Waals surface area contributed by atoms with Crippen LogP contribution in [0.3, 0.4) is 0 Å². The van der Waals surface area contributed by atoms with E-state index < -0.39 is 6.10 Å². The van der Waals surface area contributed by atoms with Crippen LogP contribution < -0.4 is 10.1 Å². The summed E-state index contributed by atoms with van der Waals surface area (Å²) >= 11 is 0. The van der Waals surface area contributed by atoms with Crippen molar-refractivity contribution in [2.45, 2.75) is 45.8 Å². The Kier molecular flexibility index (Phi) is 9.06. The van der Waals surface area contributed by atoms with Crippen LogP contribution in [0.4, 0.5) is 0 Å². The van der Waals surface area contributed by atoms with Gasteiger partial charge in [-0.15, -0.1) is 0 Å². The van der Waals surface area contributed by atoms with Crippen molar-refractivity contribution in [3.05, 3.63) is 29.8 Å². The van der Waals surface area contributed by atoms with Crippen molar-refractivity contribution in [3.63, 3.8) is 0 Å². The quantitative estimate of drug-likeness (QED) is 0.616. The molecule has 4 nitrogen and oxygen atoms in total. The van der Waals surface area contributed by atoms with Gasteiger partial charge in [0.15, 0.2) is 0 Å². The Hall–Kier alpha value is -1.10. The largest absolute Gasteiger partial charge is 0.491 e. The summed E-state index contributed by atoms with van der Waals surface area (Å²) in [5, 5.41) is 13.0. The lowest BCUT2D eigenvalue weighted by atomic mass is 10.2. The third kappa shape index (κ3) is 8.05. The van der Waals surface area contributed by atoms with E-state index in [0.29, 0.717) is 32.4 Å². The first-order chi connectivity index (χ1) is 10.2. The van der Waals surface area contributed by atoms with E-state index in [4.69, 9.17) is 9.47 Å². The maximum atomic E-state index is 9.74. The Morgan fingerprint density at radius 2 is 1.86 bits per heavy atom. The fourth-order valence-corrected chi connectivity index (χ4v) is 1.80. The van der Waals surface area contributed by atoms with Gasteiger partial charge in [-0.1, -0.05) is 26.0 Å². The summed E-state index contributed by atoms with van der Waals surface area (Å²) in [5.41, 5.74) is 1.30. The highest BCUT2D eigenvalue weighted by molar-refractivity contribution is 5.27. The first kappa shape index (κ1) is 18.0. The van der Waals surface area contributed by atoms with Crippen molar-refractivity contribution in [2.24, 2.45) is 0 Å². The highest BCUT2D eigenvalue weighted by Gasteiger charge is 2.06. The number of nitrogens with one attached hydrogen (secondary N) is 1. The molecule has 0 spiro atoms. The van der Waals surface area contributed by atoms with Gasteiger partial charge in [0, 0.05) is 12.6 Å². The Morgan fingerprint density at radius 3 is 2.48 bits per heavy atom. The Morgan fingerprint density at radius 1 is 1.14 bits per heavy atom. The van der Waals surface area contributed by atoms with E-state index in [-0.39, 0.29) is 0 Å². The van der Waals surface area contributed by atoms with Gasteiger partial charge in [-0.3, -0.25) is 0 Å². The molecule has 0 saturated carbocycles. The molecule has 0 heterocycles. The summed E-state index contributed by atoms with van der Waals surface area (Å²) in [6.45, 7) is 8.23. The topological polar surface area (TPSA) is 50.7 Å². The van der Waals surface area contributed by atoms with E-state index in [2.05, 4.69) is 38.2 Å². The smallest absolute Gasteiger partial charge is 0.119 e. The molecule has 1 aromatic rings. The molecule has 1 aromatic carbocycles. The molecule has 0 aliphatic heterocycles. The standard InChI is InChI=1S/C17H29NO3/c1-4-14(3)18-12-16(19)13-20-10-11-21-17-8-6-15(5-2)7-9-17/h6-9,14,16,18-19H,4-5,10-13H2,1-3H3/t14-,16+/m1/s1. The normalized spacial score (nSPS) is 13.9. The summed E-state index contributed by atoms with van der Waals surface area (Å²) < 4.78 is 11.0. The van der Waals surface area contributed by atoms with Crippen LogP contribution in [0.25, 0.3) is 0 Å². The molecule has 0 saturated heterocycles. The summed E-state index contributed by atoms with van der Waals surface area (Å²) in [6.07, 6.45) is 1.62. The molecule has 2 atom stereocenters. The number of ether oxygens (including phenoxy) is 2. The zero-order valence-corrected chi connectivity index (χ0v) is 13.5. The van der Waals surface area contributed by atoms with Gasteiger partial charge in [0.2, 0.25) is 0 Å². The van der Waals surface area contributed by atoms with E-state index in [9.17, 15) is 5.11 Å². The molecule has 0 aliphatic carbocycles. The zero-order valence-electron chi connectivity index (χ0n) is 13.5. The average molecular weight is 295 g/mol. The van der Waals surface area contributed by atoms with Crippen LogP contribution in [-0.4, -0.2) is 43.6 Å². The van der Waals surface area contributed by atoms with Gasteiger partial charge in [0.05, 0.1) is 19.3 Å². The molecule has 0 bridgehead atoms. The summed E-state index contributed by atoms with van der Waals surface area (Å²) in [5.74, 6) is 0.856. The van der Waals surface area contributed by atoms with Crippen molar-refractivity contribution in [2.75, 3.05) is 26.4 Å². The number of benzene rings is 1. The fourth-order valence-electron chi connectivity index (χ4n) is 1.80. The number of hydrogen-bond donors (Lipinski definition) is 2. The fraction of sp³-hybridized carbons (Fsp3) is 0.647. The zero-order chi connectivity index (χ0) is 15.5. The van der Waals surface area contributed by atoms with Crippen LogP contribution in [0, 0.1) is 0 Å². The predicted molar refractivity (Wildman–Crippen MR) is 85.9 cm³/mol. The van der Waals surface area contributed by atoms with Gasteiger partial charge in [-0.05, 0) is 37.5 Å². The minimum absolute atomic E-state index is 0.335. The molecule has 0 aromatic heterocycles. The van der Waals surface area contributed by atoms with E-state index >= 15 is 0 Å². The van der Waals surface area contributed by atoms with Crippen LogP contribution in [-0.2, 0) is 11.2 Å². The maximum Gasteiger partial charge on any atom is 0.119 e. The molecular weight excluding hydrogens is 266 g/mol. The maximum absolute atomic E-state index is 9.74. The Balaban J connectivity index is 2.05. The average Bonchev–Trinajstić information content (AvgIpc) is 2.52. The van der Waals surface area contributed by atoms with E-state index in [1.54, 1.807) is 0 Å². The van der Waals surface area contributed by atoms with Crippen LogP contribution in [0.2, 0.25) is 0 Å². The van der Waals surface area contributed by atoms with Crippen molar-refractivity contribution < 1.29 is 14.6 Å². The van der Waals surface area contributed by atoms with Gasteiger partial charge < -0.3 is 19.9 Å². The summed E-state index contributed by atoms with van der Waals surface area (Å²) in [7, 11) is 0. The van der Waals surface area contributed by atoms with Gasteiger partial charge in [-0.25, -0.2) is 0 Å². The van der Waals surface area contributed by atoms with Crippen molar-refractivity contribution in [1.82, 2.24) is 5.32 Å². The molecule has 0 unspecified atom stereocenters. The first-order valence-electron chi connectivity index (χ1n) is 7.86. The Bertz CT molecular complexity index is 367. The minimum Gasteiger partial charge on any atom is -0.491 e. The van der Waals surface area contributed by atoms with Crippen LogP contribution in [0.5, 0.6) is 5.75 Å². The Labute approximate surface area is 128 Å². The van der Waals surface area contributed by atoms with E-state index in [1.807, 2.05) is 12.1 Å². The number of hydrogen-bond acceptors (Lipinski definition) is 4. The van der Waals surface area contributed by atoms with Gasteiger partial charge in [-0.2, -0.15) is 0 Å². The molecule has 120 valence electrons. The third-order valence-electron chi connectivity index (χ3n) is 3.45. The molecular formula is C17H29NO3.